The SMILES string of the molecule is COc1c(OC2OC(C)C(O)C(O)C2O)ccc2c(=O)c(O)c(-c3ccccc3)oc12. The lowest BCUT2D eigenvalue weighted by atomic mass is 10.00. The van der Waals surface area contributed by atoms with Crippen LogP contribution >= 0.6 is 0 Å². The maximum atomic E-state index is 12.7. The van der Waals surface area contributed by atoms with Gasteiger partial charge in [-0.3, -0.25) is 4.79 Å². The number of rotatable bonds is 4. The van der Waals surface area contributed by atoms with Gasteiger partial charge in [0, 0.05) is 5.56 Å². The first kappa shape index (κ1) is 21.1. The van der Waals surface area contributed by atoms with Crippen LogP contribution in [0.2, 0.25) is 0 Å². The Morgan fingerprint density at radius 1 is 0.968 bits per heavy atom. The summed E-state index contributed by atoms with van der Waals surface area (Å²) in [5.74, 6) is -0.459. The summed E-state index contributed by atoms with van der Waals surface area (Å²) in [6, 6.07) is 11.4. The summed E-state index contributed by atoms with van der Waals surface area (Å²) in [6.07, 6.45) is -6.38. The van der Waals surface area contributed by atoms with Crippen molar-refractivity contribution in [2.24, 2.45) is 0 Å². The zero-order chi connectivity index (χ0) is 22.3. The molecule has 31 heavy (non-hydrogen) atoms. The fraction of sp³-hybridized carbons (Fsp3) is 0.318. The van der Waals surface area contributed by atoms with Crippen LogP contribution in [-0.4, -0.2) is 58.2 Å². The van der Waals surface area contributed by atoms with Gasteiger partial charge in [-0.1, -0.05) is 30.3 Å². The van der Waals surface area contributed by atoms with Crippen LogP contribution in [0.15, 0.2) is 51.7 Å². The molecule has 0 amide bonds. The molecule has 0 bridgehead atoms. The number of fused-ring (bicyclic) bond motifs is 1. The predicted molar refractivity (Wildman–Crippen MR) is 109 cm³/mol. The van der Waals surface area contributed by atoms with E-state index in [-0.39, 0.29) is 28.2 Å². The second-order valence-electron chi connectivity index (χ2n) is 7.25. The molecule has 2 heterocycles. The third-order valence-electron chi connectivity index (χ3n) is 5.25. The van der Waals surface area contributed by atoms with Crippen LogP contribution in [0.3, 0.4) is 0 Å². The highest BCUT2D eigenvalue weighted by Gasteiger charge is 2.43. The number of aliphatic hydroxyl groups is 3. The van der Waals surface area contributed by atoms with Crippen molar-refractivity contribution in [3.05, 3.63) is 52.7 Å². The van der Waals surface area contributed by atoms with Crippen molar-refractivity contribution in [1.29, 1.82) is 0 Å². The Balaban J connectivity index is 1.81. The molecule has 164 valence electrons. The highest BCUT2D eigenvalue weighted by atomic mass is 16.7. The maximum Gasteiger partial charge on any atom is 0.235 e. The summed E-state index contributed by atoms with van der Waals surface area (Å²) in [4.78, 5) is 12.7. The van der Waals surface area contributed by atoms with Crippen molar-refractivity contribution < 1.29 is 39.1 Å². The number of ether oxygens (including phenoxy) is 3. The topological polar surface area (TPSA) is 139 Å². The van der Waals surface area contributed by atoms with E-state index in [1.807, 2.05) is 0 Å². The van der Waals surface area contributed by atoms with Gasteiger partial charge >= 0.3 is 0 Å². The molecule has 4 N–H and O–H groups in total. The first-order valence-corrected chi connectivity index (χ1v) is 9.62. The van der Waals surface area contributed by atoms with Crippen LogP contribution in [-0.2, 0) is 4.74 Å². The van der Waals surface area contributed by atoms with Crippen LogP contribution in [0.25, 0.3) is 22.3 Å². The number of benzene rings is 2. The Labute approximate surface area is 176 Å². The minimum Gasteiger partial charge on any atom is -0.502 e. The molecule has 9 nitrogen and oxygen atoms in total. The Morgan fingerprint density at radius 2 is 1.68 bits per heavy atom. The molecular weight excluding hydrogens is 408 g/mol. The largest absolute Gasteiger partial charge is 0.502 e. The van der Waals surface area contributed by atoms with E-state index in [4.69, 9.17) is 18.6 Å². The van der Waals surface area contributed by atoms with Crippen LogP contribution in [0.1, 0.15) is 6.92 Å². The standard InChI is InChI=1S/C22H22O9/c1-10-14(23)16(25)18(27)22(29-10)30-13-9-8-12-15(24)17(26)19(11-6-4-3-5-7-11)31-20(12)21(13)28-2/h3-10,14,16,18,22-23,25-27H,1-2H3. The van der Waals surface area contributed by atoms with E-state index < -0.39 is 41.9 Å². The molecular formula is C22H22O9. The van der Waals surface area contributed by atoms with Gasteiger partial charge in [-0.05, 0) is 19.1 Å². The van der Waals surface area contributed by atoms with E-state index in [1.165, 1.54) is 26.2 Å². The third-order valence-corrected chi connectivity index (χ3v) is 5.25. The molecule has 0 spiro atoms. The average Bonchev–Trinajstić information content (AvgIpc) is 2.78. The minimum absolute atomic E-state index is 0.0283. The lowest BCUT2D eigenvalue weighted by Crippen LogP contribution is -2.58. The zero-order valence-corrected chi connectivity index (χ0v) is 16.8. The summed E-state index contributed by atoms with van der Waals surface area (Å²) in [7, 11) is 1.34. The normalized spacial score (nSPS) is 26.0. The van der Waals surface area contributed by atoms with E-state index in [0.717, 1.165) is 0 Å². The fourth-order valence-corrected chi connectivity index (χ4v) is 3.51. The summed E-state index contributed by atoms with van der Waals surface area (Å²) in [5.41, 5.74) is -0.129. The van der Waals surface area contributed by atoms with Crippen LogP contribution in [0.5, 0.6) is 17.2 Å². The second-order valence-corrected chi connectivity index (χ2v) is 7.25. The van der Waals surface area contributed by atoms with Crippen LogP contribution in [0, 0.1) is 0 Å². The molecule has 0 aliphatic carbocycles. The van der Waals surface area contributed by atoms with Gasteiger partial charge in [0.15, 0.2) is 17.1 Å². The van der Waals surface area contributed by atoms with Crippen molar-refractivity contribution in [3.63, 3.8) is 0 Å². The number of aromatic hydroxyl groups is 1. The molecule has 4 rings (SSSR count). The van der Waals surface area contributed by atoms with Gasteiger partial charge in [-0.15, -0.1) is 0 Å². The van der Waals surface area contributed by atoms with E-state index in [0.29, 0.717) is 5.56 Å². The monoisotopic (exact) mass is 430 g/mol. The zero-order valence-electron chi connectivity index (χ0n) is 16.8. The maximum absolute atomic E-state index is 12.7. The average molecular weight is 430 g/mol. The molecule has 5 atom stereocenters. The van der Waals surface area contributed by atoms with Gasteiger partial charge in [-0.25, -0.2) is 0 Å². The highest BCUT2D eigenvalue weighted by molar-refractivity contribution is 5.88. The Hall–Kier alpha value is -3.11. The number of hydrogen-bond acceptors (Lipinski definition) is 9. The van der Waals surface area contributed by atoms with E-state index in [9.17, 15) is 25.2 Å². The molecule has 5 unspecified atom stereocenters. The van der Waals surface area contributed by atoms with Crippen molar-refractivity contribution in [1.82, 2.24) is 0 Å². The van der Waals surface area contributed by atoms with E-state index in [1.54, 1.807) is 30.3 Å². The van der Waals surface area contributed by atoms with Crippen molar-refractivity contribution in [3.8, 4) is 28.6 Å². The fourth-order valence-electron chi connectivity index (χ4n) is 3.51. The minimum atomic E-state index is -1.53. The summed E-state index contributed by atoms with van der Waals surface area (Å²) in [6.45, 7) is 1.53. The first-order valence-electron chi connectivity index (χ1n) is 9.62. The quantitative estimate of drug-likeness (QED) is 0.483. The van der Waals surface area contributed by atoms with Crippen molar-refractivity contribution >= 4 is 11.0 Å². The summed E-state index contributed by atoms with van der Waals surface area (Å²) < 4.78 is 22.4. The number of aliphatic hydroxyl groups excluding tert-OH is 3. The Bertz CT molecular complexity index is 1140. The molecule has 1 fully saturated rings. The molecule has 1 saturated heterocycles. The molecule has 0 radical (unpaired) electrons. The van der Waals surface area contributed by atoms with Crippen molar-refractivity contribution in [2.75, 3.05) is 7.11 Å². The lowest BCUT2D eigenvalue weighted by Gasteiger charge is -2.39. The lowest BCUT2D eigenvalue weighted by molar-refractivity contribution is -0.268. The second kappa shape index (κ2) is 8.20. The van der Waals surface area contributed by atoms with Gasteiger partial charge in [0.1, 0.15) is 18.3 Å². The molecule has 1 aromatic heterocycles. The highest BCUT2D eigenvalue weighted by Crippen LogP contribution is 2.40. The van der Waals surface area contributed by atoms with Gasteiger partial charge in [0.05, 0.1) is 18.6 Å². The van der Waals surface area contributed by atoms with E-state index in [2.05, 4.69) is 0 Å². The molecule has 2 aromatic carbocycles. The number of hydrogen-bond donors (Lipinski definition) is 4. The molecule has 9 heteroatoms. The van der Waals surface area contributed by atoms with Gasteiger partial charge in [0.2, 0.25) is 23.2 Å². The molecule has 1 aliphatic rings. The Morgan fingerprint density at radius 3 is 2.35 bits per heavy atom. The summed E-state index contributed by atoms with van der Waals surface area (Å²) in [5, 5.41) is 40.5. The Kier molecular flexibility index (Phi) is 5.59. The predicted octanol–water partition coefficient (Wildman–Crippen LogP) is 1.38. The number of methoxy groups -OCH3 is 1. The van der Waals surface area contributed by atoms with Crippen molar-refractivity contribution in [2.45, 2.75) is 37.6 Å². The van der Waals surface area contributed by atoms with Gasteiger partial charge < -0.3 is 39.1 Å². The van der Waals surface area contributed by atoms with Crippen LogP contribution < -0.4 is 14.9 Å². The van der Waals surface area contributed by atoms with Gasteiger partial charge in [-0.2, -0.15) is 0 Å². The first-order chi connectivity index (χ1) is 14.8. The van der Waals surface area contributed by atoms with E-state index >= 15 is 0 Å². The summed E-state index contributed by atoms with van der Waals surface area (Å²) >= 11 is 0. The third kappa shape index (κ3) is 3.61. The van der Waals surface area contributed by atoms with Crippen LogP contribution in [0.4, 0.5) is 0 Å². The molecule has 1 aliphatic heterocycles. The molecule has 3 aromatic rings. The van der Waals surface area contributed by atoms with Gasteiger partial charge in [0.25, 0.3) is 0 Å². The smallest absolute Gasteiger partial charge is 0.235 e. The molecule has 0 saturated carbocycles.